The Kier molecular flexibility index (Phi) is 4.20. The lowest BCUT2D eigenvalue weighted by Crippen LogP contribution is -1.89. The average molecular weight is 364 g/mol. The molecular weight excluding hydrogens is 352 g/mol. The first-order chi connectivity index (χ1) is 8.67. The molecule has 0 atom stereocenters. The predicted molar refractivity (Wildman–Crippen MR) is 87.5 cm³/mol. The second-order valence-corrected chi connectivity index (χ2v) is 5.61. The van der Waals surface area contributed by atoms with E-state index in [1.54, 1.807) is 0 Å². The molecule has 0 aliphatic heterocycles. The molecule has 0 saturated heterocycles. The Morgan fingerprint density at radius 3 is 1.94 bits per heavy atom. The lowest BCUT2D eigenvalue weighted by atomic mass is 9.95. The van der Waals surface area contributed by atoms with Gasteiger partial charge < -0.3 is 0 Å². The fourth-order valence-electron chi connectivity index (χ4n) is 1.92. The van der Waals surface area contributed by atoms with E-state index in [0.717, 1.165) is 25.6 Å². The molecular formula is C16H12Br2. The maximum Gasteiger partial charge on any atom is 0.0253 e. The van der Waals surface area contributed by atoms with Crippen molar-refractivity contribution in [3.8, 4) is 11.1 Å². The summed E-state index contributed by atoms with van der Waals surface area (Å²) in [5.74, 6) is 0. The predicted octanol–water partition coefficient (Wildman–Crippen LogP) is 6.16. The fraction of sp³-hybridized carbons (Fsp3) is 0. The highest BCUT2D eigenvalue weighted by molar-refractivity contribution is 9.10. The molecule has 2 heteroatoms. The van der Waals surface area contributed by atoms with Crippen LogP contribution in [0.15, 0.2) is 58.5 Å². The molecule has 18 heavy (non-hydrogen) atoms. The van der Waals surface area contributed by atoms with Gasteiger partial charge >= 0.3 is 0 Å². The SMILES string of the molecule is C=Cc1c(Br)ccc(-c2ccc(Br)cc2)c1C=C. The minimum absolute atomic E-state index is 1.04. The monoisotopic (exact) mass is 362 g/mol. The summed E-state index contributed by atoms with van der Waals surface area (Å²) < 4.78 is 2.11. The molecule has 0 aliphatic rings. The Balaban J connectivity index is 2.68. The maximum atomic E-state index is 3.91. The molecule has 0 aliphatic carbocycles. The molecule has 0 saturated carbocycles. The van der Waals surface area contributed by atoms with Crippen LogP contribution in [0.25, 0.3) is 23.3 Å². The summed E-state index contributed by atoms with van der Waals surface area (Å²) in [4.78, 5) is 0. The molecule has 0 bridgehead atoms. The molecule has 0 amide bonds. The summed E-state index contributed by atoms with van der Waals surface area (Å²) >= 11 is 6.99. The van der Waals surface area contributed by atoms with Gasteiger partial charge in [-0.05, 0) is 40.5 Å². The van der Waals surface area contributed by atoms with Gasteiger partial charge in [0.1, 0.15) is 0 Å². The van der Waals surface area contributed by atoms with Crippen molar-refractivity contribution in [3.63, 3.8) is 0 Å². The van der Waals surface area contributed by atoms with Crippen molar-refractivity contribution < 1.29 is 0 Å². The molecule has 0 unspecified atom stereocenters. The normalized spacial score (nSPS) is 10.1. The van der Waals surface area contributed by atoms with E-state index >= 15 is 0 Å². The van der Waals surface area contributed by atoms with E-state index in [1.165, 1.54) is 5.56 Å². The average Bonchev–Trinajstić information content (AvgIpc) is 2.39. The van der Waals surface area contributed by atoms with E-state index in [0.29, 0.717) is 0 Å². The van der Waals surface area contributed by atoms with Crippen LogP contribution in [-0.4, -0.2) is 0 Å². The van der Waals surface area contributed by atoms with E-state index in [4.69, 9.17) is 0 Å². The summed E-state index contributed by atoms with van der Waals surface area (Å²) in [5, 5.41) is 0. The second kappa shape index (κ2) is 5.68. The van der Waals surface area contributed by atoms with Gasteiger partial charge in [0.15, 0.2) is 0 Å². The topological polar surface area (TPSA) is 0 Å². The van der Waals surface area contributed by atoms with Crippen molar-refractivity contribution >= 4 is 44.0 Å². The zero-order chi connectivity index (χ0) is 13.1. The number of hydrogen-bond donors (Lipinski definition) is 0. The molecule has 2 aromatic rings. The summed E-state index contributed by atoms with van der Waals surface area (Å²) in [7, 11) is 0. The highest BCUT2D eigenvalue weighted by Gasteiger charge is 2.08. The van der Waals surface area contributed by atoms with Gasteiger partial charge in [0, 0.05) is 8.95 Å². The number of benzene rings is 2. The summed E-state index contributed by atoms with van der Waals surface area (Å²) in [6.07, 6.45) is 3.72. The quantitative estimate of drug-likeness (QED) is 0.612. The molecule has 0 radical (unpaired) electrons. The lowest BCUT2D eigenvalue weighted by molar-refractivity contribution is 1.53. The summed E-state index contributed by atoms with van der Waals surface area (Å²) in [6.45, 7) is 7.77. The highest BCUT2D eigenvalue weighted by Crippen LogP contribution is 2.33. The molecule has 0 nitrogen and oxygen atoms in total. The molecule has 0 N–H and O–H groups in total. The maximum absolute atomic E-state index is 3.91. The third-order valence-corrected chi connectivity index (χ3v) is 4.02. The molecule has 2 rings (SSSR count). The van der Waals surface area contributed by atoms with Gasteiger partial charge in [-0.1, -0.05) is 75.4 Å². The van der Waals surface area contributed by atoms with Crippen LogP contribution in [0, 0.1) is 0 Å². The first-order valence-electron chi connectivity index (χ1n) is 5.50. The van der Waals surface area contributed by atoms with Crippen molar-refractivity contribution in [2.75, 3.05) is 0 Å². The van der Waals surface area contributed by atoms with E-state index in [1.807, 2.05) is 30.4 Å². The Labute approximate surface area is 124 Å². The van der Waals surface area contributed by atoms with E-state index in [-0.39, 0.29) is 0 Å². The van der Waals surface area contributed by atoms with Crippen LogP contribution in [0.2, 0.25) is 0 Å². The van der Waals surface area contributed by atoms with Gasteiger partial charge in [-0.25, -0.2) is 0 Å². The summed E-state index contributed by atoms with van der Waals surface area (Å²) in [5.41, 5.74) is 4.51. The van der Waals surface area contributed by atoms with E-state index in [9.17, 15) is 0 Å². The van der Waals surface area contributed by atoms with Crippen molar-refractivity contribution in [2.45, 2.75) is 0 Å². The van der Waals surface area contributed by atoms with Gasteiger partial charge in [-0.2, -0.15) is 0 Å². The van der Waals surface area contributed by atoms with Crippen molar-refractivity contribution in [3.05, 3.63) is 69.6 Å². The van der Waals surface area contributed by atoms with Crippen LogP contribution < -0.4 is 0 Å². The second-order valence-electron chi connectivity index (χ2n) is 3.84. The van der Waals surface area contributed by atoms with Crippen LogP contribution in [0.4, 0.5) is 0 Å². The first kappa shape index (κ1) is 13.3. The highest BCUT2D eigenvalue weighted by atomic mass is 79.9. The van der Waals surface area contributed by atoms with Gasteiger partial charge in [0.25, 0.3) is 0 Å². The number of rotatable bonds is 3. The van der Waals surface area contributed by atoms with E-state index < -0.39 is 0 Å². The van der Waals surface area contributed by atoms with Crippen molar-refractivity contribution in [1.29, 1.82) is 0 Å². The van der Waals surface area contributed by atoms with Crippen LogP contribution in [0.1, 0.15) is 11.1 Å². The molecule has 0 spiro atoms. The van der Waals surface area contributed by atoms with Crippen molar-refractivity contribution in [1.82, 2.24) is 0 Å². The third kappa shape index (κ3) is 2.50. The Morgan fingerprint density at radius 2 is 1.39 bits per heavy atom. The molecule has 0 fully saturated rings. The van der Waals surface area contributed by atoms with Crippen LogP contribution in [0.3, 0.4) is 0 Å². The summed E-state index contributed by atoms with van der Waals surface area (Å²) in [6, 6.07) is 12.4. The van der Waals surface area contributed by atoms with Crippen LogP contribution >= 0.6 is 31.9 Å². The zero-order valence-corrected chi connectivity index (χ0v) is 13.0. The first-order valence-corrected chi connectivity index (χ1v) is 7.09. The van der Waals surface area contributed by atoms with Gasteiger partial charge in [0.05, 0.1) is 0 Å². The molecule has 90 valence electrons. The van der Waals surface area contributed by atoms with Crippen molar-refractivity contribution in [2.24, 2.45) is 0 Å². The molecule has 0 heterocycles. The minimum Gasteiger partial charge on any atom is -0.0984 e. The molecule has 0 aromatic heterocycles. The fourth-order valence-corrected chi connectivity index (χ4v) is 2.69. The largest absolute Gasteiger partial charge is 0.0984 e. The smallest absolute Gasteiger partial charge is 0.0253 e. The Bertz CT molecular complexity index is 595. The standard InChI is InChI=1S/C16H12Br2/c1-3-13-14(4-2)16(18)10-9-15(13)11-5-7-12(17)8-6-11/h3-10H,1-2H2. The zero-order valence-electron chi connectivity index (χ0n) is 9.79. The molecule has 2 aromatic carbocycles. The van der Waals surface area contributed by atoms with Gasteiger partial charge in [0.2, 0.25) is 0 Å². The van der Waals surface area contributed by atoms with E-state index in [2.05, 4.69) is 63.2 Å². The van der Waals surface area contributed by atoms with Gasteiger partial charge in [-0.3, -0.25) is 0 Å². The van der Waals surface area contributed by atoms with Crippen LogP contribution in [-0.2, 0) is 0 Å². The number of halogens is 2. The lowest BCUT2D eigenvalue weighted by Gasteiger charge is -2.11. The van der Waals surface area contributed by atoms with Gasteiger partial charge in [-0.15, -0.1) is 0 Å². The Hall–Kier alpha value is -1.12. The minimum atomic E-state index is 1.04. The Morgan fingerprint density at radius 1 is 0.778 bits per heavy atom. The third-order valence-electron chi connectivity index (χ3n) is 2.80. The number of hydrogen-bond acceptors (Lipinski definition) is 0. The van der Waals surface area contributed by atoms with Crippen LogP contribution in [0.5, 0.6) is 0 Å².